The second kappa shape index (κ2) is 7.66. The number of nitrogens with one attached hydrogen (secondary N) is 1. The van der Waals surface area contributed by atoms with Gasteiger partial charge in [-0.05, 0) is 29.8 Å². The van der Waals surface area contributed by atoms with Crippen LogP contribution in [0.4, 0.5) is 10.8 Å². The third kappa shape index (κ3) is 4.21. The van der Waals surface area contributed by atoms with Gasteiger partial charge >= 0.3 is 0 Å². The number of hydrogen-bond donors (Lipinski definition) is 1. The van der Waals surface area contributed by atoms with Crippen LogP contribution in [0.1, 0.15) is 5.56 Å². The maximum atomic E-state index is 12.5. The van der Waals surface area contributed by atoms with Crippen LogP contribution < -0.4 is 14.4 Å². The van der Waals surface area contributed by atoms with Gasteiger partial charge < -0.3 is 9.64 Å². The quantitative estimate of drug-likeness (QED) is 0.640. The van der Waals surface area contributed by atoms with Gasteiger partial charge in [-0.15, -0.1) is 11.3 Å². The summed E-state index contributed by atoms with van der Waals surface area (Å²) in [5.74, 6) is 0.234. The predicted molar refractivity (Wildman–Crippen MR) is 114 cm³/mol. The van der Waals surface area contributed by atoms with Crippen LogP contribution in [0.5, 0.6) is 5.75 Å². The van der Waals surface area contributed by atoms with E-state index in [4.69, 9.17) is 16.3 Å². The van der Waals surface area contributed by atoms with E-state index in [1.165, 1.54) is 16.2 Å². The zero-order valence-electron chi connectivity index (χ0n) is 15.3. The van der Waals surface area contributed by atoms with Crippen LogP contribution in [-0.4, -0.2) is 33.0 Å². The molecule has 0 bridgehead atoms. The molecule has 0 saturated carbocycles. The van der Waals surface area contributed by atoms with Gasteiger partial charge in [0, 0.05) is 23.0 Å². The van der Waals surface area contributed by atoms with Gasteiger partial charge in [0.15, 0.2) is 11.7 Å². The van der Waals surface area contributed by atoms with E-state index in [9.17, 15) is 13.2 Å². The molecular weight excluding hydrogens is 434 g/mol. The number of fused-ring (bicyclic) bond motifs is 1. The number of sulfonamides is 1. The summed E-state index contributed by atoms with van der Waals surface area (Å²) in [5.41, 5.74) is 2.51. The third-order valence-electron chi connectivity index (χ3n) is 4.39. The first-order valence-electron chi connectivity index (χ1n) is 8.55. The van der Waals surface area contributed by atoms with E-state index in [0.29, 0.717) is 27.7 Å². The minimum absolute atomic E-state index is 0.0108. The highest BCUT2D eigenvalue weighted by atomic mass is 35.5. The fourth-order valence-corrected chi connectivity index (χ4v) is 5.34. The van der Waals surface area contributed by atoms with Gasteiger partial charge in [-0.1, -0.05) is 29.8 Å². The number of carbonyl (C=O) groups is 1. The number of nitrogens with zero attached hydrogens (tertiary/aromatic N) is 2. The highest BCUT2D eigenvalue weighted by Crippen LogP contribution is 2.36. The summed E-state index contributed by atoms with van der Waals surface area (Å²) >= 11 is 7.23. The van der Waals surface area contributed by atoms with Crippen molar-refractivity contribution < 1.29 is 17.9 Å². The van der Waals surface area contributed by atoms with Crippen molar-refractivity contribution in [3.05, 3.63) is 58.4 Å². The molecule has 0 aliphatic carbocycles. The van der Waals surface area contributed by atoms with Gasteiger partial charge in [-0.25, -0.2) is 13.4 Å². The number of amides is 1. The molecule has 10 heteroatoms. The molecule has 1 aromatic heterocycles. The Morgan fingerprint density at radius 2 is 2.07 bits per heavy atom. The summed E-state index contributed by atoms with van der Waals surface area (Å²) in [5, 5.41) is 2.40. The van der Waals surface area contributed by atoms with Crippen molar-refractivity contribution in [3.63, 3.8) is 0 Å². The monoisotopic (exact) mass is 449 g/mol. The molecule has 0 radical (unpaired) electrons. The van der Waals surface area contributed by atoms with Gasteiger partial charge in [-0.2, -0.15) is 0 Å². The molecule has 7 nitrogen and oxygen atoms in total. The van der Waals surface area contributed by atoms with Crippen LogP contribution in [0, 0.1) is 0 Å². The topological polar surface area (TPSA) is 88.6 Å². The maximum absolute atomic E-state index is 12.5. The Kier molecular flexibility index (Phi) is 5.20. The zero-order valence-corrected chi connectivity index (χ0v) is 17.6. The van der Waals surface area contributed by atoms with Gasteiger partial charge in [0.2, 0.25) is 10.0 Å². The fraction of sp³-hybridized carbons (Fsp3) is 0.158. The Balaban J connectivity index is 1.55. The summed E-state index contributed by atoms with van der Waals surface area (Å²) in [4.78, 5) is 17.7. The van der Waals surface area contributed by atoms with Crippen LogP contribution in [0.15, 0.2) is 47.8 Å². The molecule has 1 aliphatic rings. The minimum atomic E-state index is -3.67. The summed E-state index contributed by atoms with van der Waals surface area (Å²) in [7, 11) is -1.99. The lowest BCUT2D eigenvalue weighted by Gasteiger charge is -2.26. The Morgan fingerprint density at radius 3 is 2.86 bits per heavy atom. The molecule has 1 aliphatic heterocycles. The van der Waals surface area contributed by atoms with Crippen LogP contribution in [0.25, 0.3) is 11.3 Å². The van der Waals surface area contributed by atoms with E-state index in [-0.39, 0.29) is 23.4 Å². The SMILES string of the molecule is CN1C(=O)COc2ccc(-c3csc(NS(=O)(=O)Cc4ccccc4Cl)n3)cc21. The third-order valence-corrected chi connectivity index (χ3v) is 6.84. The molecule has 2 aromatic carbocycles. The number of halogens is 1. The number of likely N-dealkylation sites (N-methyl/N-ethyl adjacent to an activating group) is 1. The van der Waals surface area contributed by atoms with E-state index in [0.717, 1.165) is 5.56 Å². The number of aromatic nitrogens is 1. The molecule has 0 saturated heterocycles. The molecule has 2 heterocycles. The Labute approximate surface area is 177 Å². The Bertz CT molecular complexity index is 1190. The number of anilines is 2. The lowest BCUT2D eigenvalue weighted by atomic mass is 10.1. The van der Waals surface area contributed by atoms with Crippen molar-refractivity contribution in [1.29, 1.82) is 0 Å². The van der Waals surface area contributed by atoms with Crippen LogP contribution in [0.2, 0.25) is 5.02 Å². The molecule has 0 fully saturated rings. The standard InChI is InChI=1S/C19H16ClN3O4S2/c1-23-16-8-12(6-7-17(16)27-9-18(23)24)15-10-28-19(21-15)22-29(25,26)11-13-4-2-3-5-14(13)20/h2-8,10H,9,11H2,1H3,(H,21,22). The largest absolute Gasteiger partial charge is 0.482 e. The first kappa shape index (κ1) is 19.7. The number of rotatable bonds is 5. The average Bonchev–Trinajstić information content (AvgIpc) is 3.14. The van der Waals surface area contributed by atoms with Crippen LogP contribution in [0.3, 0.4) is 0 Å². The molecule has 0 spiro atoms. The van der Waals surface area contributed by atoms with Crippen molar-refractivity contribution in [1.82, 2.24) is 4.98 Å². The van der Waals surface area contributed by atoms with Crippen molar-refractivity contribution in [2.24, 2.45) is 0 Å². The van der Waals surface area contributed by atoms with Crippen LogP contribution in [-0.2, 0) is 20.6 Å². The molecule has 0 unspecified atom stereocenters. The Morgan fingerprint density at radius 1 is 1.28 bits per heavy atom. The molecule has 0 atom stereocenters. The lowest BCUT2D eigenvalue weighted by molar-refractivity contribution is -0.120. The fourth-order valence-electron chi connectivity index (χ4n) is 2.87. The van der Waals surface area contributed by atoms with Crippen molar-refractivity contribution >= 4 is 49.7 Å². The van der Waals surface area contributed by atoms with Gasteiger partial charge in [0.1, 0.15) is 5.75 Å². The second-order valence-corrected chi connectivity index (χ2v) is 9.40. The molecule has 150 valence electrons. The van der Waals surface area contributed by atoms with Crippen molar-refractivity contribution in [3.8, 4) is 17.0 Å². The first-order valence-corrected chi connectivity index (χ1v) is 11.5. The predicted octanol–water partition coefficient (Wildman–Crippen LogP) is 3.76. The van der Waals surface area contributed by atoms with Gasteiger partial charge in [0.05, 0.1) is 17.1 Å². The highest BCUT2D eigenvalue weighted by molar-refractivity contribution is 7.92. The van der Waals surface area contributed by atoms with E-state index in [1.54, 1.807) is 48.8 Å². The van der Waals surface area contributed by atoms with Crippen molar-refractivity contribution in [2.75, 3.05) is 23.3 Å². The summed E-state index contributed by atoms with van der Waals surface area (Å²) < 4.78 is 32.9. The zero-order chi connectivity index (χ0) is 20.6. The lowest BCUT2D eigenvalue weighted by Crippen LogP contribution is -2.35. The maximum Gasteiger partial charge on any atom is 0.264 e. The second-order valence-electron chi connectivity index (χ2n) is 6.41. The smallest absolute Gasteiger partial charge is 0.264 e. The van der Waals surface area contributed by atoms with Crippen molar-refractivity contribution in [2.45, 2.75) is 5.75 Å². The molecule has 29 heavy (non-hydrogen) atoms. The first-order chi connectivity index (χ1) is 13.8. The molecule has 3 aromatic rings. The van der Waals surface area contributed by atoms with E-state index in [2.05, 4.69) is 9.71 Å². The number of hydrogen-bond acceptors (Lipinski definition) is 6. The molecular formula is C19H16ClN3O4S2. The highest BCUT2D eigenvalue weighted by Gasteiger charge is 2.23. The number of benzene rings is 2. The number of thiazole rings is 1. The van der Waals surface area contributed by atoms with Gasteiger partial charge in [-0.3, -0.25) is 9.52 Å². The number of ether oxygens (including phenoxy) is 1. The number of carbonyl (C=O) groups excluding carboxylic acids is 1. The molecule has 1 amide bonds. The minimum Gasteiger partial charge on any atom is -0.482 e. The van der Waals surface area contributed by atoms with Crippen LogP contribution >= 0.6 is 22.9 Å². The van der Waals surface area contributed by atoms with E-state index in [1.807, 2.05) is 6.07 Å². The summed E-state index contributed by atoms with van der Waals surface area (Å²) in [6.07, 6.45) is 0. The normalized spacial score (nSPS) is 13.7. The van der Waals surface area contributed by atoms with E-state index >= 15 is 0 Å². The summed E-state index contributed by atoms with van der Waals surface area (Å²) in [6.45, 7) is 0.0108. The summed E-state index contributed by atoms with van der Waals surface area (Å²) in [6, 6.07) is 12.2. The molecule has 4 rings (SSSR count). The average molecular weight is 450 g/mol. The van der Waals surface area contributed by atoms with Gasteiger partial charge in [0.25, 0.3) is 5.91 Å². The Hall–Kier alpha value is -2.62. The van der Waals surface area contributed by atoms with E-state index < -0.39 is 10.0 Å². The molecule has 1 N–H and O–H groups in total.